The number of nitrogens with zero attached hydrogens (tertiary/aromatic N) is 4. The molecule has 132 valence electrons. The summed E-state index contributed by atoms with van der Waals surface area (Å²) in [6, 6.07) is 0. The average molecular weight is 350 g/mol. The zero-order valence-corrected chi connectivity index (χ0v) is 15.2. The lowest BCUT2D eigenvalue weighted by Crippen LogP contribution is -2.49. The van der Waals surface area contributed by atoms with Gasteiger partial charge in [-0.05, 0) is 32.2 Å². The molecule has 0 saturated carbocycles. The minimum atomic E-state index is 0.228. The Balaban J connectivity index is 1.64. The molecule has 3 heterocycles. The number of rotatable bonds is 5. The highest BCUT2D eigenvalue weighted by Crippen LogP contribution is 2.38. The number of amides is 1. The maximum Gasteiger partial charge on any atom is 0.222 e. The SMILES string of the molecule is CCC1CCc2c(ncnc2N2CCN(C(=O)CCCN)CC2)S1. The molecule has 7 heteroatoms. The van der Waals surface area contributed by atoms with E-state index in [1.54, 1.807) is 6.33 Å². The Morgan fingerprint density at radius 2 is 2.12 bits per heavy atom. The summed E-state index contributed by atoms with van der Waals surface area (Å²) in [5.41, 5.74) is 6.79. The summed E-state index contributed by atoms with van der Waals surface area (Å²) in [6.45, 7) is 6.06. The highest BCUT2D eigenvalue weighted by Gasteiger charge is 2.27. The van der Waals surface area contributed by atoms with Crippen LogP contribution in [0, 0.1) is 0 Å². The lowest BCUT2D eigenvalue weighted by Gasteiger charge is -2.37. The Morgan fingerprint density at radius 1 is 1.33 bits per heavy atom. The molecule has 1 saturated heterocycles. The number of fused-ring (bicyclic) bond motifs is 1. The molecule has 1 aromatic rings. The van der Waals surface area contributed by atoms with Crippen LogP contribution >= 0.6 is 11.8 Å². The van der Waals surface area contributed by atoms with Crippen molar-refractivity contribution in [2.45, 2.75) is 49.3 Å². The third-order valence-corrected chi connectivity index (χ3v) is 6.34. The molecule has 1 unspecified atom stereocenters. The molecule has 0 spiro atoms. The third-order valence-electron chi connectivity index (χ3n) is 4.86. The van der Waals surface area contributed by atoms with Crippen molar-refractivity contribution >= 4 is 23.5 Å². The molecule has 2 aliphatic rings. The van der Waals surface area contributed by atoms with Crippen molar-refractivity contribution < 1.29 is 4.79 Å². The van der Waals surface area contributed by atoms with Crippen molar-refractivity contribution in [3.05, 3.63) is 11.9 Å². The Bertz CT molecular complexity index is 574. The Hall–Kier alpha value is -1.34. The van der Waals surface area contributed by atoms with E-state index in [1.807, 2.05) is 16.7 Å². The van der Waals surface area contributed by atoms with Crippen LogP contribution in [0.5, 0.6) is 0 Å². The van der Waals surface area contributed by atoms with Crippen LogP contribution in [0.25, 0.3) is 0 Å². The number of anilines is 1. The van der Waals surface area contributed by atoms with E-state index in [0.29, 0.717) is 18.2 Å². The van der Waals surface area contributed by atoms with Crippen molar-refractivity contribution in [2.24, 2.45) is 5.73 Å². The number of hydrogen-bond acceptors (Lipinski definition) is 6. The highest BCUT2D eigenvalue weighted by atomic mass is 32.2. The van der Waals surface area contributed by atoms with Gasteiger partial charge in [-0.25, -0.2) is 9.97 Å². The normalized spacial score (nSPS) is 20.8. The molecule has 6 nitrogen and oxygen atoms in total. The topological polar surface area (TPSA) is 75.4 Å². The van der Waals surface area contributed by atoms with Gasteiger partial charge in [-0.15, -0.1) is 11.8 Å². The van der Waals surface area contributed by atoms with Gasteiger partial charge in [0.2, 0.25) is 5.91 Å². The van der Waals surface area contributed by atoms with Crippen LogP contribution in [-0.4, -0.2) is 58.7 Å². The summed E-state index contributed by atoms with van der Waals surface area (Å²) in [6.07, 6.45) is 6.48. The van der Waals surface area contributed by atoms with Crippen LogP contribution in [0.2, 0.25) is 0 Å². The molecule has 0 aromatic carbocycles. The van der Waals surface area contributed by atoms with Crippen LogP contribution in [0.4, 0.5) is 5.82 Å². The molecule has 1 fully saturated rings. The number of hydrogen-bond donors (Lipinski definition) is 1. The standard InChI is InChI=1S/C17H27N5OS/c1-2-13-5-6-14-16(19-12-20-17(14)24-13)22-10-8-21(9-11-22)15(23)4-3-7-18/h12-13H,2-11,18H2,1H3. The van der Waals surface area contributed by atoms with Gasteiger partial charge in [0.05, 0.1) is 0 Å². The zero-order valence-electron chi connectivity index (χ0n) is 14.4. The van der Waals surface area contributed by atoms with Gasteiger partial charge in [-0.3, -0.25) is 4.79 Å². The number of piperazine rings is 1. The predicted molar refractivity (Wildman–Crippen MR) is 97.4 cm³/mol. The van der Waals surface area contributed by atoms with Gasteiger partial charge in [0.15, 0.2) is 0 Å². The molecule has 0 aliphatic carbocycles. The van der Waals surface area contributed by atoms with Crippen molar-refractivity contribution in [1.82, 2.24) is 14.9 Å². The fourth-order valence-electron chi connectivity index (χ4n) is 3.37. The first-order valence-corrected chi connectivity index (χ1v) is 9.84. The first-order valence-electron chi connectivity index (χ1n) is 8.96. The first kappa shape index (κ1) is 17.5. The number of thioether (sulfide) groups is 1. The van der Waals surface area contributed by atoms with Crippen molar-refractivity contribution in [3.63, 3.8) is 0 Å². The first-order chi connectivity index (χ1) is 11.7. The van der Waals surface area contributed by atoms with Gasteiger partial charge < -0.3 is 15.5 Å². The van der Waals surface area contributed by atoms with E-state index in [4.69, 9.17) is 5.73 Å². The molecular weight excluding hydrogens is 322 g/mol. The van der Waals surface area contributed by atoms with Crippen molar-refractivity contribution in [1.29, 1.82) is 0 Å². The van der Waals surface area contributed by atoms with Gasteiger partial charge in [0.1, 0.15) is 17.2 Å². The van der Waals surface area contributed by atoms with Gasteiger partial charge in [-0.1, -0.05) is 6.92 Å². The average Bonchev–Trinajstić information content (AvgIpc) is 2.65. The second-order valence-corrected chi connectivity index (χ2v) is 7.72. The second-order valence-electron chi connectivity index (χ2n) is 6.43. The van der Waals surface area contributed by atoms with E-state index >= 15 is 0 Å². The molecule has 2 N–H and O–H groups in total. The minimum absolute atomic E-state index is 0.228. The molecule has 0 bridgehead atoms. The lowest BCUT2D eigenvalue weighted by atomic mass is 10.1. The van der Waals surface area contributed by atoms with E-state index in [1.165, 1.54) is 18.4 Å². The summed E-state index contributed by atoms with van der Waals surface area (Å²) < 4.78 is 0. The Morgan fingerprint density at radius 3 is 2.83 bits per heavy atom. The van der Waals surface area contributed by atoms with Crippen LogP contribution in [-0.2, 0) is 11.2 Å². The maximum absolute atomic E-state index is 12.1. The van der Waals surface area contributed by atoms with E-state index in [2.05, 4.69) is 21.8 Å². The molecular formula is C17H27N5OS. The van der Waals surface area contributed by atoms with Crippen LogP contribution in [0.3, 0.4) is 0 Å². The molecule has 1 amide bonds. The maximum atomic E-state index is 12.1. The van der Waals surface area contributed by atoms with Crippen LogP contribution in [0.15, 0.2) is 11.4 Å². The number of carbonyl (C=O) groups is 1. The third kappa shape index (κ3) is 3.83. The summed E-state index contributed by atoms with van der Waals surface area (Å²) in [7, 11) is 0. The molecule has 2 aliphatic heterocycles. The molecule has 3 rings (SSSR count). The Kier molecular flexibility index (Phi) is 5.94. The fourth-order valence-corrected chi connectivity index (χ4v) is 4.53. The largest absolute Gasteiger partial charge is 0.353 e. The van der Waals surface area contributed by atoms with Crippen molar-refractivity contribution in [3.8, 4) is 0 Å². The summed E-state index contributed by atoms with van der Waals surface area (Å²) >= 11 is 1.90. The minimum Gasteiger partial charge on any atom is -0.353 e. The second kappa shape index (κ2) is 8.16. The number of carbonyl (C=O) groups excluding carboxylic acids is 1. The smallest absolute Gasteiger partial charge is 0.222 e. The quantitative estimate of drug-likeness (QED) is 0.815. The summed E-state index contributed by atoms with van der Waals surface area (Å²) in [4.78, 5) is 25.5. The van der Waals surface area contributed by atoms with Gasteiger partial charge in [-0.2, -0.15) is 0 Å². The highest BCUT2D eigenvalue weighted by molar-refractivity contribution is 8.00. The molecule has 1 atom stereocenters. The van der Waals surface area contributed by atoms with E-state index in [-0.39, 0.29) is 5.91 Å². The molecule has 24 heavy (non-hydrogen) atoms. The number of nitrogens with two attached hydrogens (primary N) is 1. The molecule has 0 radical (unpaired) electrons. The number of aromatic nitrogens is 2. The fraction of sp³-hybridized carbons (Fsp3) is 0.706. The summed E-state index contributed by atoms with van der Waals surface area (Å²) in [5, 5.41) is 1.83. The zero-order chi connectivity index (χ0) is 16.9. The monoisotopic (exact) mass is 349 g/mol. The lowest BCUT2D eigenvalue weighted by molar-refractivity contribution is -0.131. The van der Waals surface area contributed by atoms with Gasteiger partial charge in [0, 0.05) is 43.4 Å². The predicted octanol–water partition coefficient (Wildman–Crippen LogP) is 1.68. The van der Waals surface area contributed by atoms with E-state index < -0.39 is 0 Å². The summed E-state index contributed by atoms with van der Waals surface area (Å²) in [5.74, 6) is 1.31. The Labute approximate surface area is 148 Å². The van der Waals surface area contributed by atoms with E-state index in [0.717, 1.165) is 49.9 Å². The molecule has 1 aromatic heterocycles. The van der Waals surface area contributed by atoms with Gasteiger partial charge in [0.25, 0.3) is 0 Å². The van der Waals surface area contributed by atoms with Crippen LogP contribution < -0.4 is 10.6 Å². The van der Waals surface area contributed by atoms with Crippen molar-refractivity contribution in [2.75, 3.05) is 37.6 Å². The van der Waals surface area contributed by atoms with Gasteiger partial charge >= 0.3 is 0 Å². The van der Waals surface area contributed by atoms with Crippen LogP contribution in [0.1, 0.15) is 38.2 Å². The van der Waals surface area contributed by atoms with E-state index in [9.17, 15) is 4.79 Å².